The molecule has 1 aromatic heterocycles. The predicted molar refractivity (Wildman–Crippen MR) is 78.3 cm³/mol. The summed E-state index contributed by atoms with van der Waals surface area (Å²) in [4.78, 5) is 37.4. The van der Waals surface area contributed by atoms with Crippen LogP contribution in [0.5, 0.6) is 0 Å². The highest BCUT2D eigenvalue weighted by Gasteiger charge is 2.22. The summed E-state index contributed by atoms with van der Waals surface area (Å²) in [5.41, 5.74) is -0.897. The average molecular weight is 306 g/mol. The number of H-pyrrole nitrogens is 1. The van der Waals surface area contributed by atoms with Crippen LogP contribution in [0.4, 0.5) is 9.18 Å². The molecule has 1 fully saturated rings. The van der Waals surface area contributed by atoms with Crippen LogP contribution in [0.1, 0.15) is 12.8 Å². The maximum atomic E-state index is 13.2. The number of aromatic nitrogens is 2. The Labute approximate surface area is 124 Å². The summed E-state index contributed by atoms with van der Waals surface area (Å²) >= 11 is 0. The summed E-state index contributed by atoms with van der Waals surface area (Å²) in [6, 6.07) is 3.73. The van der Waals surface area contributed by atoms with Crippen LogP contribution in [0.15, 0.2) is 27.8 Å². The number of fused-ring (bicyclic) bond motifs is 1. The number of halogens is 1. The molecule has 0 atom stereocenters. The van der Waals surface area contributed by atoms with E-state index in [1.165, 1.54) is 16.7 Å². The quantitative estimate of drug-likeness (QED) is 0.708. The summed E-state index contributed by atoms with van der Waals surface area (Å²) in [5.74, 6) is -0.504. The molecule has 22 heavy (non-hydrogen) atoms. The highest BCUT2D eigenvalue weighted by molar-refractivity contribution is 5.75. The van der Waals surface area contributed by atoms with Gasteiger partial charge in [0.05, 0.1) is 11.0 Å². The Hall–Kier alpha value is -2.64. The summed E-state index contributed by atoms with van der Waals surface area (Å²) in [6.07, 6.45) is 1.97. The van der Waals surface area contributed by atoms with Crippen molar-refractivity contribution in [3.63, 3.8) is 0 Å². The third kappa shape index (κ3) is 3.00. The second-order valence-corrected chi connectivity index (χ2v) is 5.25. The second-order valence-electron chi connectivity index (χ2n) is 5.25. The molecular weight excluding hydrogens is 291 g/mol. The first-order chi connectivity index (χ1) is 10.5. The topological polar surface area (TPSA) is 96.0 Å². The molecule has 3 rings (SSSR count). The Kier molecular flexibility index (Phi) is 3.66. The molecule has 2 amide bonds. The minimum atomic E-state index is -0.819. The van der Waals surface area contributed by atoms with E-state index in [0.29, 0.717) is 5.52 Å². The van der Waals surface area contributed by atoms with Crippen LogP contribution < -0.4 is 21.8 Å². The Balaban J connectivity index is 1.79. The van der Waals surface area contributed by atoms with Crippen molar-refractivity contribution in [2.24, 2.45) is 0 Å². The van der Waals surface area contributed by atoms with Crippen LogP contribution in [-0.4, -0.2) is 28.2 Å². The van der Waals surface area contributed by atoms with Crippen molar-refractivity contribution in [2.75, 3.05) is 6.54 Å². The van der Waals surface area contributed by atoms with Crippen molar-refractivity contribution >= 4 is 17.1 Å². The van der Waals surface area contributed by atoms with Crippen LogP contribution >= 0.6 is 0 Å². The van der Waals surface area contributed by atoms with Crippen LogP contribution in [0.3, 0.4) is 0 Å². The molecule has 0 saturated heterocycles. The molecule has 7 nitrogen and oxygen atoms in total. The zero-order valence-corrected chi connectivity index (χ0v) is 11.7. The lowest BCUT2D eigenvalue weighted by atomic mass is 10.3. The van der Waals surface area contributed by atoms with Crippen molar-refractivity contribution in [1.82, 2.24) is 20.2 Å². The number of nitrogens with zero attached hydrogens (tertiary/aromatic N) is 1. The van der Waals surface area contributed by atoms with E-state index in [0.717, 1.165) is 18.9 Å². The Bertz CT molecular complexity index is 838. The number of benzene rings is 1. The fourth-order valence-corrected chi connectivity index (χ4v) is 2.22. The van der Waals surface area contributed by atoms with E-state index in [1.54, 1.807) is 0 Å². The molecule has 0 spiro atoms. The van der Waals surface area contributed by atoms with Gasteiger partial charge in [-0.05, 0) is 31.0 Å². The summed E-state index contributed by atoms with van der Waals surface area (Å²) in [7, 11) is 0. The van der Waals surface area contributed by atoms with Gasteiger partial charge in [0, 0.05) is 19.1 Å². The molecule has 0 aliphatic heterocycles. The van der Waals surface area contributed by atoms with Crippen molar-refractivity contribution in [3.8, 4) is 0 Å². The fraction of sp³-hybridized carbons (Fsp3) is 0.357. The van der Waals surface area contributed by atoms with Crippen molar-refractivity contribution in [3.05, 3.63) is 44.7 Å². The van der Waals surface area contributed by atoms with Gasteiger partial charge in [0.15, 0.2) is 0 Å². The summed E-state index contributed by atoms with van der Waals surface area (Å²) in [6.45, 7) is 0.317. The van der Waals surface area contributed by atoms with Gasteiger partial charge in [0.2, 0.25) is 0 Å². The Morgan fingerprint density at radius 2 is 2.14 bits per heavy atom. The molecule has 116 valence electrons. The van der Waals surface area contributed by atoms with Gasteiger partial charge >= 0.3 is 17.1 Å². The Morgan fingerprint density at radius 3 is 2.86 bits per heavy atom. The van der Waals surface area contributed by atoms with Gasteiger partial charge in [0.1, 0.15) is 5.82 Å². The molecule has 0 radical (unpaired) electrons. The predicted octanol–water partition coefficient (Wildman–Crippen LogP) is 0.290. The molecule has 1 aliphatic carbocycles. The molecule has 1 saturated carbocycles. The van der Waals surface area contributed by atoms with E-state index < -0.39 is 16.9 Å². The molecule has 1 aliphatic rings. The number of carbonyl (C=O) groups is 1. The number of carbonyl (C=O) groups excluding carboxylic acids is 1. The SMILES string of the molecule is O=C(NCCn1c(=O)c(=O)[nH]c2cc(F)ccc21)NC1CC1. The normalized spacial score (nSPS) is 14.0. The number of hydrogen-bond donors (Lipinski definition) is 3. The number of amides is 2. The molecule has 8 heteroatoms. The van der Waals surface area contributed by atoms with E-state index in [1.807, 2.05) is 0 Å². The fourth-order valence-electron chi connectivity index (χ4n) is 2.22. The summed E-state index contributed by atoms with van der Waals surface area (Å²) in [5, 5.41) is 5.38. The highest BCUT2D eigenvalue weighted by atomic mass is 19.1. The van der Waals surface area contributed by atoms with Gasteiger partial charge in [-0.3, -0.25) is 9.59 Å². The van der Waals surface area contributed by atoms with Crippen LogP contribution in [0.25, 0.3) is 11.0 Å². The van der Waals surface area contributed by atoms with E-state index in [-0.39, 0.29) is 30.7 Å². The standard InChI is InChI=1S/C14H15FN4O3/c15-8-1-4-11-10(7-8)18-12(20)13(21)19(11)6-5-16-14(22)17-9-2-3-9/h1,4,7,9H,2-3,5-6H2,(H,18,20)(H2,16,17,22). The van der Waals surface area contributed by atoms with Gasteiger partial charge in [-0.2, -0.15) is 0 Å². The van der Waals surface area contributed by atoms with Crippen LogP contribution in [0.2, 0.25) is 0 Å². The lowest BCUT2D eigenvalue weighted by Crippen LogP contribution is -2.41. The first-order valence-electron chi connectivity index (χ1n) is 7.01. The zero-order chi connectivity index (χ0) is 15.7. The highest BCUT2D eigenvalue weighted by Crippen LogP contribution is 2.18. The lowest BCUT2D eigenvalue weighted by Gasteiger charge is -2.11. The van der Waals surface area contributed by atoms with Crippen LogP contribution in [-0.2, 0) is 6.54 Å². The first-order valence-corrected chi connectivity index (χ1v) is 7.01. The number of rotatable bonds is 4. The maximum Gasteiger partial charge on any atom is 0.316 e. The molecule has 3 N–H and O–H groups in total. The van der Waals surface area contributed by atoms with Crippen molar-refractivity contribution in [1.29, 1.82) is 0 Å². The lowest BCUT2D eigenvalue weighted by molar-refractivity contribution is 0.240. The van der Waals surface area contributed by atoms with E-state index in [4.69, 9.17) is 0 Å². The molecular formula is C14H15FN4O3. The number of nitrogens with one attached hydrogen (secondary N) is 3. The molecule has 2 aromatic rings. The van der Waals surface area contributed by atoms with Crippen molar-refractivity contribution in [2.45, 2.75) is 25.4 Å². The minimum absolute atomic E-state index is 0.128. The van der Waals surface area contributed by atoms with E-state index in [9.17, 15) is 18.8 Å². The monoisotopic (exact) mass is 306 g/mol. The van der Waals surface area contributed by atoms with Gasteiger partial charge in [-0.25, -0.2) is 9.18 Å². The van der Waals surface area contributed by atoms with Crippen LogP contribution in [0, 0.1) is 5.82 Å². The summed E-state index contributed by atoms with van der Waals surface area (Å²) < 4.78 is 14.4. The first kappa shape index (κ1) is 14.3. The molecule has 0 unspecified atom stereocenters. The minimum Gasteiger partial charge on any atom is -0.336 e. The van der Waals surface area contributed by atoms with Gasteiger partial charge in [0.25, 0.3) is 0 Å². The number of hydrogen-bond acceptors (Lipinski definition) is 3. The second kappa shape index (κ2) is 5.63. The number of aromatic amines is 1. The maximum absolute atomic E-state index is 13.2. The van der Waals surface area contributed by atoms with Gasteiger partial charge < -0.3 is 20.2 Å². The molecule has 1 aromatic carbocycles. The van der Waals surface area contributed by atoms with E-state index in [2.05, 4.69) is 15.6 Å². The van der Waals surface area contributed by atoms with E-state index >= 15 is 0 Å². The molecule has 1 heterocycles. The molecule has 0 bridgehead atoms. The van der Waals surface area contributed by atoms with Gasteiger partial charge in [-0.1, -0.05) is 0 Å². The van der Waals surface area contributed by atoms with Crippen molar-refractivity contribution < 1.29 is 9.18 Å². The average Bonchev–Trinajstić information content (AvgIpc) is 3.27. The van der Waals surface area contributed by atoms with Gasteiger partial charge in [-0.15, -0.1) is 0 Å². The third-order valence-corrected chi connectivity index (χ3v) is 3.47. The smallest absolute Gasteiger partial charge is 0.316 e. The zero-order valence-electron chi connectivity index (χ0n) is 11.7. The largest absolute Gasteiger partial charge is 0.336 e. The number of urea groups is 1. The Morgan fingerprint density at radius 1 is 1.36 bits per heavy atom. The third-order valence-electron chi connectivity index (χ3n) is 3.47.